The van der Waals surface area contributed by atoms with E-state index in [1.807, 2.05) is 20.9 Å². The van der Waals surface area contributed by atoms with E-state index in [1.165, 1.54) is 16.7 Å². The number of aromatic nitrogens is 3. The number of aryl methyl sites for hydroxylation is 4. The number of fused-ring (bicyclic) bond motifs is 1. The molecule has 19 heavy (non-hydrogen) atoms. The zero-order valence-corrected chi connectivity index (χ0v) is 11.7. The summed E-state index contributed by atoms with van der Waals surface area (Å²) in [5.41, 5.74) is 6.62. The Hall–Kier alpha value is -2.16. The minimum Gasteiger partial charge on any atom is -0.329 e. The van der Waals surface area contributed by atoms with Crippen molar-refractivity contribution >= 4 is 11.2 Å². The van der Waals surface area contributed by atoms with E-state index < -0.39 is 0 Å². The molecule has 0 unspecified atom stereocenters. The van der Waals surface area contributed by atoms with Crippen molar-refractivity contribution in [2.24, 2.45) is 7.05 Å². The predicted octanol–water partition coefficient (Wildman–Crippen LogP) is 3.56. The van der Waals surface area contributed by atoms with Gasteiger partial charge in [0.2, 0.25) is 0 Å². The minimum absolute atomic E-state index is 0.829. The Balaban J connectivity index is 2.36. The fraction of sp³-hybridized carbons (Fsp3) is 0.250. The minimum atomic E-state index is 0.829. The van der Waals surface area contributed by atoms with Gasteiger partial charge < -0.3 is 4.57 Å². The van der Waals surface area contributed by atoms with Gasteiger partial charge in [0.15, 0.2) is 5.65 Å². The first-order valence-corrected chi connectivity index (χ1v) is 6.44. The molecule has 0 radical (unpaired) electrons. The molecule has 0 aliphatic rings. The molecule has 3 rings (SSSR count). The molecule has 96 valence electrons. The largest absolute Gasteiger partial charge is 0.329 e. The van der Waals surface area contributed by atoms with Crippen LogP contribution in [0.5, 0.6) is 0 Å². The summed E-state index contributed by atoms with van der Waals surface area (Å²) in [6, 6.07) is 10.7. The molecule has 3 aromatic rings. The van der Waals surface area contributed by atoms with Crippen LogP contribution in [0.1, 0.15) is 17.1 Å². The van der Waals surface area contributed by atoms with Gasteiger partial charge in [-0.05, 0) is 32.4 Å². The van der Waals surface area contributed by atoms with Crippen LogP contribution in [-0.2, 0) is 7.05 Å². The molecule has 0 bridgehead atoms. The lowest BCUT2D eigenvalue weighted by molar-refractivity contribution is 0.886. The van der Waals surface area contributed by atoms with E-state index in [-0.39, 0.29) is 0 Å². The molecular weight excluding hydrogens is 234 g/mol. The average Bonchev–Trinajstić information content (AvgIpc) is 2.65. The Morgan fingerprint density at radius 2 is 1.63 bits per heavy atom. The van der Waals surface area contributed by atoms with Gasteiger partial charge in [-0.3, -0.25) is 0 Å². The SMILES string of the molecule is Cc1ccc(-c2cc(C)nc3nc(C)n(C)c23)cc1. The van der Waals surface area contributed by atoms with E-state index in [9.17, 15) is 0 Å². The molecule has 2 aromatic heterocycles. The van der Waals surface area contributed by atoms with Gasteiger partial charge in [-0.2, -0.15) is 0 Å². The lowest BCUT2D eigenvalue weighted by Crippen LogP contribution is -1.94. The fourth-order valence-corrected chi connectivity index (χ4v) is 2.40. The number of imidazole rings is 1. The van der Waals surface area contributed by atoms with Crippen molar-refractivity contribution < 1.29 is 0 Å². The number of benzene rings is 1. The van der Waals surface area contributed by atoms with Crippen LogP contribution in [-0.4, -0.2) is 14.5 Å². The van der Waals surface area contributed by atoms with Crippen LogP contribution < -0.4 is 0 Å². The molecule has 2 heterocycles. The van der Waals surface area contributed by atoms with E-state index in [0.29, 0.717) is 0 Å². The highest BCUT2D eigenvalue weighted by molar-refractivity contribution is 5.90. The summed E-state index contributed by atoms with van der Waals surface area (Å²) in [7, 11) is 2.04. The quantitative estimate of drug-likeness (QED) is 0.662. The molecule has 1 aromatic carbocycles. The highest BCUT2D eigenvalue weighted by Gasteiger charge is 2.12. The van der Waals surface area contributed by atoms with Crippen LogP contribution in [0.15, 0.2) is 30.3 Å². The van der Waals surface area contributed by atoms with Crippen LogP contribution in [0.3, 0.4) is 0 Å². The van der Waals surface area contributed by atoms with Gasteiger partial charge in [-0.1, -0.05) is 29.8 Å². The van der Waals surface area contributed by atoms with Gasteiger partial charge in [0.05, 0.1) is 5.52 Å². The highest BCUT2D eigenvalue weighted by atomic mass is 15.1. The van der Waals surface area contributed by atoms with Crippen LogP contribution in [0.2, 0.25) is 0 Å². The summed E-state index contributed by atoms with van der Waals surface area (Å²) in [6.07, 6.45) is 0. The number of hydrogen-bond acceptors (Lipinski definition) is 2. The third-order valence-electron chi connectivity index (χ3n) is 3.55. The normalized spacial score (nSPS) is 11.2. The van der Waals surface area contributed by atoms with Gasteiger partial charge in [0.25, 0.3) is 0 Å². The van der Waals surface area contributed by atoms with Gasteiger partial charge in [-0.15, -0.1) is 0 Å². The molecule has 0 amide bonds. The van der Waals surface area contributed by atoms with Crippen molar-refractivity contribution in [1.82, 2.24) is 14.5 Å². The topological polar surface area (TPSA) is 30.7 Å². The predicted molar refractivity (Wildman–Crippen MR) is 78.2 cm³/mol. The molecule has 0 fully saturated rings. The molecule has 0 aliphatic carbocycles. The van der Waals surface area contributed by atoms with E-state index in [1.54, 1.807) is 0 Å². The molecule has 3 nitrogen and oxygen atoms in total. The second-order valence-electron chi connectivity index (χ2n) is 5.07. The third kappa shape index (κ3) is 1.91. The van der Waals surface area contributed by atoms with Crippen molar-refractivity contribution in [2.75, 3.05) is 0 Å². The van der Waals surface area contributed by atoms with E-state index in [4.69, 9.17) is 0 Å². The molecule has 0 aliphatic heterocycles. The van der Waals surface area contributed by atoms with E-state index in [0.717, 1.165) is 22.7 Å². The Morgan fingerprint density at radius 3 is 2.32 bits per heavy atom. The highest BCUT2D eigenvalue weighted by Crippen LogP contribution is 2.28. The van der Waals surface area contributed by atoms with Crippen molar-refractivity contribution in [3.8, 4) is 11.1 Å². The lowest BCUT2D eigenvalue weighted by Gasteiger charge is -2.07. The summed E-state index contributed by atoms with van der Waals surface area (Å²) < 4.78 is 2.11. The average molecular weight is 251 g/mol. The Morgan fingerprint density at radius 1 is 0.947 bits per heavy atom. The Labute approximate surface area is 112 Å². The number of hydrogen-bond donors (Lipinski definition) is 0. The summed E-state index contributed by atoms with van der Waals surface area (Å²) >= 11 is 0. The van der Waals surface area contributed by atoms with Crippen molar-refractivity contribution in [2.45, 2.75) is 20.8 Å². The number of nitrogens with zero attached hydrogens (tertiary/aromatic N) is 3. The summed E-state index contributed by atoms with van der Waals surface area (Å²) in [6.45, 7) is 6.13. The van der Waals surface area contributed by atoms with Gasteiger partial charge >= 0.3 is 0 Å². The van der Waals surface area contributed by atoms with Gasteiger partial charge in [-0.25, -0.2) is 9.97 Å². The first kappa shape index (κ1) is 11.9. The lowest BCUT2D eigenvalue weighted by atomic mass is 10.0. The number of pyridine rings is 1. The fourth-order valence-electron chi connectivity index (χ4n) is 2.40. The van der Waals surface area contributed by atoms with Crippen LogP contribution >= 0.6 is 0 Å². The van der Waals surface area contributed by atoms with Crippen molar-refractivity contribution in [3.63, 3.8) is 0 Å². The zero-order valence-electron chi connectivity index (χ0n) is 11.7. The molecular formula is C16H17N3. The zero-order chi connectivity index (χ0) is 13.6. The van der Waals surface area contributed by atoms with Crippen molar-refractivity contribution in [1.29, 1.82) is 0 Å². The number of rotatable bonds is 1. The van der Waals surface area contributed by atoms with E-state index >= 15 is 0 Å². The van der Waals surface area contributed by atoms with Gasteiger partial charge in [0.1, 0.15) is 5.82 Å². The maximum Gasteiger partial charge on any atom is 0.178 e. The van der Waals surface area contributed by atoms with Crippen LogP contribution in [0.25, 0.3) is 22.3 Å². The summed E-state index contributed by atoms with van der Waals surface area (Å²) in [5, 5.41) is 0. The molecule has 3 heteroatoms. The van der Waals surface area contributed by atoms with Crippen molar-refractivity contribution in [3.05, 3.63) is 47.4 Å². The molecule has 0 spiro atoms. The van der Waals surface area contributed by atoms with Crippen LogP contribution in [0.4, 0.5) is 0 Å². The maximum absolute atomic E-state index is 4.53. The van der Waals surface area contributed by atoms with Crippen LogP contribution in [0, 0.1) is 20.8 Å². The second-order valence-corrected chi connectivity index (χ2v) is 5.07. The monoisotopic (exact) mass is 251 g/mol. The van der Waals surface area contributed by atoms with Gasteiger partial charge in [0, 0.05) is 18.3 Å². The Bertz CT molecular complexity index is 752. The first-order chi connectivity index (χ1) is 9.06. The van der Waals surface area contributed by atoms with E-state index in [2.05, 4.69) is 51.8 Å². The second kappa shape index (κ2) is 4.19. The summed E-state index contributed by atoms with van der Waals surface area (Å²) in [4.78, 5) is 9.06. The Kier molecular flexibility index (Phi) is 2.63. The third-order valence-corrected chi connectivity index (χ3v) is 3.55. The summed E-state index contributed by atoms with van der Waals surface area (Å²) in [5.74, 6) is 0.987. The smallest absolute Gasteiger partial charge is 0.178 e. The molecule has 0 saturated heterocycles. The maximum atomic E-state index is 4.53. The first-order valence-electron chi connectivity index (χ1n) is 6.44. The molecule has 0 N–H and O–H groups in total. The standard InChI is InChI=1S/C16H17N3/c1-10-5-7-13(8-6-10)14-9-11(2)17-16-15(14)19(4)12(3)18-16/h5-9H,1-4H3. The molecule has 0 atom stereocenters. The molecule has 0 saturated carbocycles.